The SMILES string of the molecule is CC(c1ccccc1Cl)N(C)CC(=O)NCc1ccccc1F. The van der Waals surface area contributed by atoms with Crippen molar-refractivity contribution in [2.45, 2.75) is 19.5 Å². The molecular weight excluding hydrogens is 315 g/mol. The van der Waals surface area contributed by atoms with E-state index in [2.05, 4.69) is 5.32 Å². The quantitative estimate of drug-likeness (QED) is 0.871. The third-order valence-electron chi connectivity index (χ3n) is 3.84. The van der Waals surface area contributed by atoms with E-state index in [0.29, 0.717) is 10.6 Å². The lowest BCUT2D eigenvalue weighted by molar-refractivity contribution is -0.122. The highest BCUT2D eigenvalue weighted by molar-refractivity contribution is 6.31. The normalized spacial score (nSPS) is 12.2. The number of benzene rings is 2. The van der Waals surface area contributed by atoms with Crippen molar-refractivity contribution < 1.29 is 9.18 Å². The molecule has 0 aromatic heterocycles. The maximum Gasteiger partial charge on any atom is 0.234 e. The third-order valence-corrected chi connectivity index (χ3v) is 4.19. The highest BCUT2D eigenvalue weighted by Crippen LogP contribution is 2.25. The average molecular weight is 335 g/mol. The first-order chi connectivity index (χ1) is 11.0. The minimum absolute atomic E-state index is 0.00270. The van der Waals surface area contributed by atoms with E-state index < -0.39 is 0 Å². The fraction of sp³-hybridized carbons (Fsp3) is 0.278. The number of hydrogen-bond acceptors (Lipinski definition) is 2. The van der Waals surface area contributed by atoms with Crippen LogP contribution >= 0.6 is 11.6 Å². The van der Waals surface area contributed by atoms with Crippen LogP contribution < -0.4 is 5.32 Å². The van der Waals surface area contributed by atoms with Crippen LogP contribution in [-0.2, 0) is 11.3 Å². The molecule has 2 rings (SSSR count). The molecule has 0 fully saturated rings. The van der Waals surface area contributed by atoms with Gasteiger partial charge in [-0.05, 0) is 31.7 Å². The lowest BCUT2D eigenvalue weighted by atomic mass is 10.1. The fourth-order valence-corrected chi connectivity index (χ4v) is 2.60. The van der Waals surface area contributed by atoms with Gasteiger partial charge in [0.05, 0.1) is 6.54 Å². The summed E-state index contributed by atoms with van der Waals surface area (Å²) in [7, 11) is 1.86. The van der Waals surface area contributed by atoms with E-state index in [1.807, 2.05) is 43.1 Å². The zero-order valence-electron chi connectivity index (χ0n) is 13.2. The van der Waals surface area contributed by atoms with E-state index in [9.17, 15) is 9.18 Å². The zero-order valence-corrected chi connectivity index (χ0v) is 14.0. The third kappa shape index (κ3) is 4.78. The first-order valence-electron chi connectivity index (χ1n) is 7.44. The second-order valence-electron chi connectivity index (χ2n) is 5.48. The van der Waals surface area contributed by atoms with Gasteiger partial charge in [0.25, 0.3) is 0 Å². The Hall–Kier alpha value is -1.91. The fourth-order valence-electron chi connectivity index (χ4n) is 2.31. The van der Waals surface area contributed by atoms with Crippen LogP contribution in [0.1, 0.15) is 24.1 Å². The van der Waals surface area contributed by atoms with Crippen LogP contribution in [0.4, 0.5) is 4.39 Å². The molecule has 0 spiro atoms. The molecule has 0 radical (unpaired) electrons. The summed E-state index contributed by atoms with van der Waals surface area (Å²) in [4.78, 5) is 14.0. The standard InChI is InChI=1S/C18H20ClFN2O/c1-13(15-8-4-5-9-16(15)19)22(2)12-18(23)21-11-14-7-3-6-10-17(14)20/h3-10,13H,11-12H2,1-2H3,(H,21,23). The summed E-state index contributed by atoms with van der Waals surface area (Å²) in [6, 6.07) is 14.0. The highest BCUT2D eigenvalue weighted by atomic mass is 35.5. The summed E-state index contributed by atoms with van der Waals surface area (Å²) in [6.45, 7) is 2.38. The van der Waals surface area contributed by atoms with Crippen molar-refractivity contribution in [3.8, 4) is 0 Å². The Morgan fingerprint density at radius 2 is 1.87 bits per heavy atom. The largest absolute Gasteiger partial charge is 0.351 e. The molecule has 0 aliphatic carbocycles. The van der Waals surface area contributed by atoms with Crippen LogP contribution in [0.25, 0.3) is 0 Å². The Balaban J connectivity index is 1.90. The Labute approximate surface area is 141 Å². The van der Waals surface area contributed by atoms with Crippen molar-refractivity contribution in [3.05, 3.63) is 70.5 Å². The molecule has 0 heterocycles. The van der Waals surface area contributed by atoms with Gasteiger partial charge in [-0.25, -0.2) is 4.39 Å². The van der Waals surface area contributed by atoms with Crippen molar-refractivity contribution in [1.82, 2.24) is 10.2 Å². The molecule has 0 saturated heterocycles. The average Bonchev–Trinajstić information content (AvgIpc) is 2.54. The summed E-state index contributed by atoms with van der Waals surface area (Å²) in [5.41, 5.74) is 1.45. The molecule has 122 valence electrons. The van der Waals surface area contributed by atoms with Crippen LogP contribution in [0.15, 0.2) is 48.5 Å². The van der Waals surface area contributed by atoms with Crippen molar-refractivity contribution in [1.29, 1.82) is 0 Å². The Kier molecular flexibility index (Phi) is 6.13. The molecule has 2 aromatic carbocycles. The molecule has 5 heteroatoms. The number of halogens is 2. The van der Waals surface area contributed by atoms with E-state index >= 15 is 0 Å². The summed E-state index contributed by atoms with van der Waals surface area (Å²) in [5.74, 6) is -0.472. The van der Waals surface area contributed by atoms with Crippen molar-refractivity contribution in [3.63, 3.8) is 0 Å². The predicted octanol–water partition coefficient (Wildman–Crippen LogP) is 3.79. The Morgan fingerprint density at radius 1 is 1.22 bits per heavy atom. The van der Waals surface area contributed by atoms with Crippen LogP contribution in [0.5, 0.6) is 0 Å². The van der Waals surface area contributed by atoms with Crippen LogP contribution in [0.3, 0.4) is 0 Å². The first kappa shape index (κ1) is 17.4. The van der Waals surface area contributed by atoms with E-state index in [1.54, 1.807) is 18.2 Å². The zero-order chi connectivity index (χ0) is 16.8. The van der Waals surface area contributed by atoms with Gasteiger partial charge >= 0.3 is 0 Å². The van der Waals surface area contributed by atoms with E-state index in [-0.39, 0.29) is 30.9 Å². The summed E-state index contributed by atoms with van der Waals surface area (Å²) < 4.78 is 13.5. The molecular formula is C18H20ClFN2O. The number of nitrogens with one attached hydrogen (secondary N) is 1. The molecule has 0 saturated carbocycles. The van der Waals surface area contributed by atoms with Gasteiger partial charge in [-0.3, -0.25) is 9.69 Å². The second-order valence-corrected chi connectivity index (χ2v) is 5.89. The van der Waals surface area contributed by atoms with E-state index in [4.69, 9.17) is 11.6 Å². The summed E-state index contributed by atoms with van der Waals surface area (Å²) in [6.07, 6.45) is 0. The predicted molar refractivity (Wildman–Crippen MR) is 90.7 cm³/mol. The van der Waals surface area contributed by atoms with E-state index in [1.165, 1.54) is 6.07 Å². The van der Waals surface area contributed by atoms with Gasteiger partial charge in [-0.2, -0.15) is 0 Å². The molecule has 1 atom stereocenters. The lowest BCUT2D eigenvalue weighted by Gasteiger charge is -2.25. The number of hydrogen-bond donors (Lipinski definition) is 1. The molecule has 0 aliphatic heterocycles. The molecule has 23 heavy (non-hydrogen) atoms. The molecule has 1 N–H and O–H groups in total. The molecule has 3 nitrogen and oxygen atoms in total. The topological polar surface area (TPSA) is 32.3 Å². The number of likely N-dealkylation sites (N-methyl/N-ethyl adjacent to an activating group) is 1. The summed E-state index contributed by atoms with van der Waals surface area (Å²) >= 11 is 6.19. The lowest BCUT2D eigenvalue weighted by Crippen LogP contribution is -2.36. The number of nitrogens with zero attached hydrogens (tertiary/aromatic N) is 1. The number of rotatable bonds is 6. The molecule has 2 aromatic rings. The number of amides is 1. The first-order valence-corrected chi connectivity index (χ1v) is 7.81. The van der Waals surface area contributed by atoms with Gasteiger partial charge in [-0.15, -0.1) is 0 Å². The van der Waals surface area contributed by atoms with Gasteiger partial charge in [0, 0.05) is 23.2 Å². The van der Waals surface area contributed by atoms with Gasteiger partial charge < -0.3 is 5.32 Å². The Morgan fingerprint density at radius 3 is 2.57 bits per heavy atom. The minimum atomic E-state index is -0.314. The smallest absolute Gasteiger partial charge is 0.234 e. The van der Waals surface area contributed by atoms with Crippen LogP contribution in [0.2, 0.25) is 5.02 Å². The molecule has 1 amide bonds. The Bertz CT molecular complexity index is 678. The summed E-state index contributed by atoms with van der Waals surface area (Å²) in [5, 5.41) is 3.42. The van der Waals surface area contributed by atoms with Gasteiger partial charge in [0.2, 0.25) is 5.91 Å². The molecule has 1 unspecified atom stereocenters. The molecule has 0 bridgehead atoms. The maximum absolute atomic E-state index is 13.5. The van der Waals surface area contributed by atoms with Crippen molar-refractivity contribution in [2.24, 2.45) is 0 Å². The van der Waals surface area contributed by atoms with Crippen molar-refractivity contribution in [2.75, 3.05) is 13.6 Å². The van der Waals surface area contributed by atoms with Gasteiger partial charge in [-0.1, -0.05) is 48.0 Å². The monoisotopic (exact) mass is 334 g/mol. The number of carbonyl (C=O) groups is 1. The van der Waals surface area contributed by atoms with Crippen LogP contribution in [0, 0.1) is 5.82 Å². The van der Waals surface area contributed by atoms with Gasteiger partial charge in [0.15, 0.2) is 0 Å². The second kappa shape index (κ2) is 8.09. The molecule has 0 aliphatic rings. The number of carbonyl (C=O) groups excluding carboxylic acids is 1. The minimum Gasteiger partial charge on any atom is -0.351 e. The van der Waals surface area contributed by atoms with E-state index in [0.717, 1.165) is 5.56 Å². The van der Waals surface area contributed by atoms with Crippen molar-refractivity contribution >= 4 is 17.5 Å². The maximum atomic E-state index is 13.5. The van der Waals surface area contributed by atoms with Crippen LogP contribution in [-0.4, -0.2) is 24.4 Å². The van der Waals surface area contributed by atoms with Gasteiger partial charge in [0.1, 0.15) is 5.82 Å². The highest BCUT2D eigenvalue weighted by Gasteiger charge is 2.17.